The number of para-hydroxylation sites is 1. The summed E-state index contributed by atoms with van der Waals surface area (Å²) in [5.41, 5.74) is 3.97. The van der Waals surface area contributed by atoms with E-state index in [1.807, 2.05) is 66.7 Å². The van der Waals surface area contributed by atoms with Gasteiger partial charge in [0, 0.05) is 21.9 Å². The van der Waals surface area contributed by atoms with Gasteiger partial charge in [0.25, 0.3) is 0 Å². The van der Waals surface area contributed by atoms with Crippen molar-refractivity contribution in [3.63, 3.8) is 0 Å². The van der Waals surface area contributed by atoms with E-state index in [0.717, 1.165) is 38.4 Å². The number of hydrogen-bond donors (Lipinski definition) is 0. The first-order valence-electron chi connectivity index (χ1n) is 13.6. The van der Waals surface area contributed by atoms with Crippen molar-refractivity contribution >= 4 is 34.4 Å². The predicted molar refractivity (Wildman–Crippen MR) is 161 cm³/mol. The fraction of sp³-hybridized carbons (Fsp3) is 0.182. The molecule has 0 amide bonds. The molecule has 2 aromatic heterocycles. The van der Waals surface area contributed by atoms with E-state index in [0.29, 0.717) is 17.6 Å². The smallest absolute Gasteiger partial charge is 0.399 e. The van der Waals surface area contributed by atoms with Crippen LogP contribution in [0.4, 0.5) is 0 Å². The first-order valence-corrected chi connectivity index (χ1v) is 13.6. The van der Waals surface area contributed by atoms with Gasteiger partial charge in [0.1, 0.15) is 0 Å². The highest BCUT2D eigenvalue weighted by atomic mass is 16.7. The summed E-state index contributed by atoms with van der Waals surface area (Å²) in [5, 5.41) is 2.24. The molecule has 1 saturated heterocycles. The third-order valence-corrected chi connectivity index (χ3v) is 8.11. The van der Waals surface area contributed by atoms with Crippen LogP contribution in [0.1, 0.15) is 27.7 Å². The second kappa shape index (κ2) is 9.12. The molecule has 0 aliphatic carbocycles. The molecule has 6 nitrogen and oxygen atoms in total. The van der Waals surface area contributed by atoms with Gasteiger partial charge in [-0.2, -0.15) is 9.97 Å². The Morgan fingerprint density at radius 1 is 0.575 bits per heavy atom. The van der Waals surface area contributed by atoms with Gasteiger partial charge >= 0.3 is 7.12 Å². The van der Waals surface area contributed by atoms with E-state index in [4.69, 9.17) is 24.3 Å². The van der Waals surface area contributed by atoms with Crippen molar-refractivity contribution in [1.82, 2.24) is 19.5 Å². The van der Waals surface area contributed by atoms with Crippen molar-refractivity contribution in [3.8, 4) is 28.7 Å². The van der Waals surface area contributed by atoms with Gasteiger partial charge in [-0.05, 0) is 45.3 Å². The molecule has 1 fully saturated rings. The molecule has 0 radical (unpaired) electrons. The van der Waals surface area contributed by atoms with Crippen LogP contribution in [0.25, 0.3) is 50.5 Å². The van der Waals surface area contributed by atoms with Gasteiger partial charge in [0.2, 0.25) is 5.95 Å². The van der Waals surface area contributed by atoms with Crippen molar-refractivity contribution < 1.29 is 9.31 Å². The van der Waals surface area contributed by atoms with Crippen LogP contribution in [0.3, 0.4) is 0 Å². The van der Waals surface area contributed by atoms with E-state index in [-0.39, 0.29) is 0 Å². The quantitative estimate of drug-likeness (QED) is 0.243. The average Bonchev–Trinajstić information content (AvgIpc) is 3.42. The third kappa shape index (κ3) is 4.01. The summed E-state index contributed by atoms with van der Waals surface area (Å²) in [6.45, 7) is 8.29. The number of fused-ring (bicyclic) bond motifs is 3. The topological polar surface area (TPSA) is 62.1 Å². The van der Waals surface area contributed by atoms with Crippen LogP contribution < -0.4 is 5.46 Å². The van der Waals surface area contributed by atoms with Crippen LogP contribution in [0.5, 0.6) is 0 Å². The molecular formula is C33H29BN4O2. The summed E-state index contributed by atoms with van der Waals surface area (Å²) in [5.74, 6) is 1.81. The zero-order chi connectivity index (χ0) is 27.5. The Labute approximate surface area is 233 Å². The standard InChI is InChI=1S/C33H29BN4O2/c1-32(2)33(3,4)40-34(39-32)24-19-20-26-25-17-11-12-18-27(25)38(28(26)21-24)31-36-29(22-13-7-5-8-14-22)35-30(37-31)23-15-9-6-10-16-23/h5-21H,1-4H3. The van der Waals surface area contributed by atoms with Gasteiger partial charge < -0.3 is 9.31 Å². The van der Waals surface area contributed by atoms with E-state index in [2.05, 4.69) is 68.7 Å². The molecule has 196 valence electrons. The largest absolute Gasteiger partial charge is 0.494 e. The zero-order valence-electron chi connectivity index (χ0n) is 23.0. The van der Waals surface area contributed by atoms with E-state index in [9.17, 15) is 0 Å². The lowest BCUT2D eigenvalue weighted by Crippen LogP contribution is -2.41. The first kappa shape index (κ1) is 24.7. The third-order valence-electron chi connectivity index (χ3n) is 8.11. The van der Waals surface area contributed by atoms with Crippen molar-refractivity contribution in [3.05, 3.63) is 103 Å². The van der Waals surface area contributed by atoms with Crippen LogP contribution in [0.15, 0.2) is 103 Å². The molecule has 7 rings (SSSR count). The molecule has 1 aliphatic rings. The Balaban J connectivity index is 1.48. The second-order valence-corrected chi connectivity index (χ2v) is 11.2. The maximum Gasteiger partial charge on any atom is 0.494 e. The molecule has 0 bridgehead atoms. The van der Waals surface area contributed by atoms with Crippen LogP contribution in [-0.2, 0) is 9.31 Å². The van der Waals surface area contributed by atoms with Crippen molar-refractivity contribution in [1.29, 1.82) is 0 Å². The number of aromatic nitrogens is 4. The predicted octanol–water partition coefficient (Wildman–Crippen LogP) is 6.60. The monoisotopic (exact) mass is 524 g/mol. The van der Waals surface area contributed by atoms with E-state index >= 15 is 0 Å². The zero-order valence-corrected chi connectivity index (χ0v) is 23.0. The lowest BCUT2D eigenvalue weighted by molar-refractivity contribution is 0.00578. The Morgan fingerprint density at radius 3 is 1.70 bits per heavy atom. The molecule has 0 saturated carbocycles. The number of nitrogens with zero attached hydrogens (tertiary/aromatic N) is 4. The molecule has 0 N–H and O–H groups in total. The number of rotatable bonds is 4. The van der Waals surface area contributed by atoms with Gasteiger partial charge in [-0.3, -0.25) is 4.57 Å². The normalized spacial score (nSPS) is 16.1. The average molecular weight is 524 g/mol. The van der Waals surface area contributed by atoms with Crippen molar-refractivity contribution in [2.45, 2.75) is 38.9 Å². The minimum atomic E-state index is -0.473. The maximum absolute atomic E-state index is 6.40. The molecule has 3 heterocycles. The minimum Gasteiger partial charge on any atom is -0.399 e. The summed E-state index contributed by atoms with van der Waals surface area (Å²) in [6.07, 6.45) is 0. The Morgan fingerprint density at radius 2 is 1.10 bits per heavy atom. The molecule has 0 spiro atoms. The van der Waals surface area contributed by atoms with Crippen molar-refractivity contribution in [2.24, 2.45) is 0 Å². The fourth-order valence-corrected chi connectivity index (χ4v) is 5.23. The fourth-order valence-electron chi connectivity index (χ4n) is 5.23. The molecule has 0 unspecified atom stereocenters. The number of benzene rings is 4. The summed E-state index contributed by atoms with van der Waals surface area (Å²) < 4.78 is 14.9. The summed E-state index contributed by atoms with van der Waals surface area (Å²) in [4.78, 5) is 14.9. The van der Waals surface area contributed by atoms with Crippen LogP contribution in [-0.4, -0.2) is 37.8 Å². The van der Waals surface area contributed by atoms with Crippen LogP contribution >= 0.6 is 0 Å². The van der Waals surface area contributed by atoms with Crippen LogP contribution in [0.2, 0.25) is 0 Å². The van der Waals surface area contributed by atoms with Gasteiger partial charge in [0.15, 0.2) is 11.6 Å². The second-order valence-electron chi connectivity index (χ2n) is 11.2. The maximum atomic E-state index is 6.40. The van der Waals surface area contributed by atoms with E-state index < -0.39 is 18.3 Å². The van der Waals surface area contributed by atoms with Crippen molar-refractivity contribution in [2.75, 3.05) is 0 Å². The highest BCUT2D eigenvalue weighted by Gasteiger charge is 2.51. The molecule has 4 aromatic carbocycles. The molecule has 1 aliphatic heterocycles. The van der Waals surface area contributed by atoms with E-state index in [1.54, 1.807) is 0 Å². The lowest BCUT2D eigenvalue weighted by atomic mass is 9.79. The van der Waals surface area contributed by atoms with Gasteiger partial charge in [0.05, 0.1) is 22.2 Å². The minimum absolute atomic E-state index is 0.428. The van der Waals surface area contributed by atoms with Crippen LogP contribution in [0, 0.1) is 0 Å². The van der Waals surface area contributed by atoms with Gasteiger partial charge in [-0.1, -0.05) is 91.0 Å². The molecule has 6 aromatic rings. The summed E-state index contributed by atoms with van der Waals surface area (Å²) >= 11 is 0. The Bertz CT molecular complexity index is 1790. The van der Waals surface area contributed by atoms with Gasteiger partial charge in [-0.15, -0.1) is 0 Å². The number of hydrogen-bond acceptors (Lipinski definition) is 5. The highest BCUT2D eigenvalue weighted by Crippen LogP contribution is 2.37. The van der Waals surface area contributed by atoms with Gasteiger partial charge in [-0.25, -0.2) is 4.98 Å². The molecule has 40 heavy (non-hydrogen) atoms. The van der Waals surface area contributed by atoms with E-state index in [1.165, 1.54) is 0 Å². The SMILES string of the molecule is CC1(C)OB(c2ccc3c4ccccc4n(-c4nc(-c5ccccc5)nc(-c5ccccc5)n4)c3c2)OC1(C)C. The molecule has 7 heteroatoms. The Kier molecular flexibility index (Phi) is 5.63. The summed E-state index contributed by atoms with van der Waals surface area (Å²) in [6, 6.07) is 34.8. The molecular weight excluding hydrogens is 495 g/mol. The Hall–Kier alpha value is -4.33. The lowest BCUT2D eigenvalue weighted by Gasteiger charge is -2.32. The highest BCUT2D eigenvalue weighted by molar-refractivity contribution is 6.62. The molecule has 0 atom stereocenters. The first-order chi connectivity index (χ1) is 19.3. The summed E-state index contributed by atoms with van der Waals surface area (Å²) in [7, 11) is -0.473.